The zero-order chi connectivity index (χ0) is 28.1. The first-order chi connectivity index (χ1) is 18.2. The summed E-state index contributed by atoms with van der Waals surface area (Å²) >= 11 is 0. The SMILES string of the molecule is COc1ccc(C2(c3ccc(OC)cc3)C[C@@H]3c4ccccc4[C@H]2c2cccc[n+]23)cc1.F[P-](F)(F)(F)(F)F. The molecule has 206 valence electrons. The van der Waals surface area contributed by atoms with Crippen molar-refractivity contribution >= 4 is 7.81 Å². The molecule has 2 aliphatic heterocycles. The van der Waals surface area contributed by atoms with Gasteiger partial charge < -0.3 is 9.47 Å². The number of pyridine rings is 1. The average molecular weight is 565 g/mol. The Morgan fingerprint density at radius 1 is 0.667 bits per heavy atom. The molecule has 1 aliphatic carbocycles. The van der Waals surface area contributed by atoms with Crippen LogP contribution >= 0.6 is 7.81 Å². The van der Waals surface area contributed by atoms with Crippen LogP contribution in [0.1, 0.15) is 46.3 Å². The maximum absolute atomic E-state index is 10.7. The van der Waals surface area contributed by atoms with Crippen molar-refractivity contribution in [3.63, 3.8) is 0 Å². The number of nitrogens with zero attached hydrogens (tertiary/aromatic N) is 1. The molecule has 2 bridgehead atoms. The van der Waals surface area contributed by atoms with Gasteiger partial charge in [0, 0.05) is 29.5 Å². The van der Waals surface area contributed by atoms with E-state index >= 15 is 0 Å². The Balaban J connectivity index is 0.000000392. The molecule has 1 aromatic heterocycles. The second-order valence-corrected chi connectivity index (χ2v) is 11.6. The molecular formula is C29H26F6NO2P. The number of rotatable bonds is 4. The van der Waals surface area contributed by atoms with Crippen LogP contribution < -0.4 is 14.0 Å². The fraction of sp³-hybridized carbons (Fsp3) is 0.207. The van der Waals surface area contributed by atoms with E-state index in [2.05, 4.69) is 102 Å². The van der Waals surface area contributed by atoms with Crippen LogP contribution in [-0.4, -0.2) is 14.2 Å². The summed E-state index contributed by atoms with van der Waals surface area (Å²) in [7, 11) is -7.21. The van der Waals surface area contributed by atoms with Crippen molar-refractivity contribution in [3.05, 3.63) is 125 Å². The average Bonchev–Trinajstić information content (AvgIpc) is 2.91. The molecule has 4 aromatic rings. The Kier molecular flexibility index (Phi) is 6.03. The van der Waals surface area contributed by atoms with E-state index in [9.17, 15) is 25.2 Å². The van der Waals surface area contributed by atoms with E-state index in [0.29, 0.717) is 0 Å². The van der Waals surface area contributed by atoms with Crippen LogP contribution in [0.5, 0.6) is 11.5 Å². The van der Waals surface area contributed by atoms with E-state index in [0.717, 1.165) is 17.9 Å². The first-order valence-electron chi connectivity index (χ1n) is 12.2. The van der Waals surface area contributed by atoms with E-state index in [-0.39, 0.29) is 17.4 Å². The molecule has 0 spiro atoms. The van der Waals surface area contributed by atoms with Gasteiger partial charge in [-0.1, -0.05) is 54.6 Å². The summed E-state index contributed by atoms with van der Waals surface area (Å²) < 4.78 is 72.6. The molecule has 0 amide bonds. The number of ether oxygens (including phenoxy) is 2. The van der Waals surface area contributed by atoms with Gasteiger partial charge in [0.05, 0.1) is 20.1 Å². The molecule has 0 saturated carbocycles. The summed E-state index contributed by atoms with van der Waals surface area (Å²) in [6, 6.07) is 33.3. The van der Waals surface area contributed by atoms with Crippen LogP contribution in [0.25, 0.3) is 0 Å². The maximum atomic E-state index is 9.87. The molecule has 39 heavy (non-hydrogen) atoms. The number of hydrogen-bond acceptors (Lipinski definition) is 2. The van der Waals surface area contributed by atoms with Gasteiger partial charge in [-0.15, -0.1) is 0 Å². The second kappa shape index (κ2) is 8.71. The summed E-state index contributed by atoms with van der Waals surface area (Å²) in [6.45, 7) is 0. The standard InChI is InChI=1S/C29H26NO2.F6P/c1-31-22-14-10-20(11-15-22)29(21-12-16-23(32-2)17-13-21)19-27-24-7-3-4-8-25(24)28(29)26-9-5-6-18-30(26)27;1-7(2,3,4,5)6/h3-18,27-28H,19H2,1-2H3;/q+1;-1/t27-,28+;/m1./s1. The molecule has 0 N–H and O–H groups in total. The van der Waals surface area contributed by atoms with Gasteiger partial charge in [0.1, 0.15) is 11.5 Å². The monoisotopic (exact) mass is 565 g/mol. The fourth-order valence-corrected chi connectivity index (χ4v) is 6.05. The summed E-state index contributed by atoms with van der Waals surface area (Å²) in [4.78, 5) is 0. The van der Waals surface area contributed by atoms with Gasteiger partial charge in [0.25, 0.3) is 0 Å². The second-order valence-electron chi connectivity index (χ2n) is 9.70. The molecule has 2 atom stereocenters. The normalized spacial score (nSPS) is 20.3. The van der Waals surface area contributed by atoms with Crippen molar-refractivity contribution in [3.8, 4) is 11.5 Å². The number of aromatic nitrogens is 1. The van der Waals surface area contributed by atoms with Gasteiger partial charge in [-0.3, -0.25) is 0 Å². The molecular weight excluding hydrogens is 539 g/mol. The van der Waals surface area contributed by atoms with Crippen molar-refractivity contribution in [2.75, 3.05) is 14.2 Å². The molecule has 10 heteroatoms. The minimum absolute atomic E-state index is 0.182. The number of halogens is 6. The van der Waals surface area contributed by atoms with E-state index in [1.54, 1.807) is 14.2 Å². The minimum atomic E-state index is -10.7. The Labute approximate surface area is 221 Å². The number of benzene rings is 3. The number of methoxy groups -OCH3 is 2. The quantitative estimate of drug-likeness (QED) is 0.140. The molecule has 3 aromatic carbocycles. The fourth-order valence-electron chi connectivity index (χ4n) is 6.05. The van der Waals surface area contributed by atoms with Crippen molar-refractivity contribution in [1.29, 1.82) is 0 Å². The molecule has 0 fully saturated rings. The van der Waals surface area contributed by atoms with Gasteiger partial charge in [0.2, 0.25) is 0 Å². The van der Waals surface area contributed by atoms with Gasteiger partial charge >= 0.3 is 33.0 Å². The Hall–Kier alpha value is -3.58. The Morgan fingerprint density at radius 3 is 1.62 bits per heavy atom. The third-order valence-corrected chi connectivity index (χ3v) is 7.44. The predicted molar refractivity (Wildman–Crippen MR) is 138 cm³/mol. The first kappa shape index (κ1) is 27.0. The molecule has 7 rings (SSSR count). The van der Waals surface area contributed by atoms with Crippen LogP contribution in [0.4, 0.5) is 25.2 Å². The third-order valence-electron chi connectivity index (χ3n) is 7.44. The van der Waals surface area contributed by atoms with Gasteiger partial charge in [-0.2, -0.15) is 4.57 Å². The van der Waals surface area contributed by atoms with E-state index in [1.165, 1.54) is 27.9 Å². The van der Waals surface area contributed by atoms with Gasteiger partial charge in [-0.25, -0.2) is 0 Å². The van der Waals surface area contributed by atoms with Crippen molar-refractivity contribution in [2.24, 2.45) is 0 Å². The van der Waals surface area contributed by atoms with Crippen LogP contribution in [0.2, 0.25) is 0 Å². The van der Waals surface area contributed by atoms with Gasteiger partial charge in [-0.05, 0) is 41.0 Å². The van der Waals surface area contributed by atoms with E-state index in [1.807, 2.05) is 0 Å². The van der Waals surface area contributed by atoms with Crippen LogP contribution in [0.15, 0.2) is 97.2 Å². The van der Waals surface area contributed by atoms with Crippen molar-refractivity contribution < 1.29 is 39.2 Å². The summed E-state index contributed by atoms with van der Waals surface area (Å²) in [6.07, 6.45) is 3.25. The Bertz CT molecular complexity index is 1400. The topological polar surface area (TPSA) is 22.3 Å². The van der Waals surface area contributed by atoms with Crippen molar-refractivity contribution in [2.45, 2.75) is 23.8 Å². The number of fused-ring (bicyclic) bond motifs is 1. The zero-order valence-corrected chi connectivity index (χ0v) is 22.0. The first-order valence-corrected chi connectivity index (χ1v) is 14.2. The van der Waals surface area contributed by atoms with Crippen LogP contribution in [0.3, 0.4) is 0 Å². The van der Waals surface area contributed by atoms with Crippen LogP contribution in [-0.2, 0) is 5.41 Å². The molecule has 0 unspecified atom stereocenters. The molecule has 3 heterocycles. The van der Waals surface area contributed by atoms with Crippen molar-refractivity contribution in [1.82, 2.24) is 0 Å². The van der Waals surface area contributed by atoms with Crippen LogP contribution in [0, 0.1) is 0 Å². The summed E-state index contributed by atoms with van der Waals surface area (Å²) in [5.74, 6) is 1.98. The molecule has 3 nitrogen and oxygen atoms in total. The molecule has 0 saturated heterocycles. The third kappa shape index (κ3) is 5.46. The summed E-state index contributed by atoms with van der Waals surface area (Å²) in [5, 5.41) is 0. The predicted octanol–water partition coefficient (Wildman–Crippen LogP) is 8.80. The molecule has 0 radical (unpaired) electrons. The Morgan fingerprint density at radius 2 is 1.13 bits per heavy atom. The van der Waals surface area contributed by atoms with E-state index in [4.69, 9.17) is 9.47 Å². The zero-order valence-electron chi connectivity index (χ0n) is 21.1. The van der Waals surface area contributed by atoms with Gasteiger partial charge in [0.15, 0.2) is 17.9 Å². The number of hydrogen-bond donors (Lipinski definition) is 0. The summed E-state index contributed by atoms with van der Waals surface area (Å²) in [5.41, 5.74) is 6.71. The van der Waals surface area contributed by atoms with E-state index < -0.39 is 7.81 Å². The molecule has 3 aliphatic rings.